The van der Waals surface area contributed by atoms with Crippen molar-refractivity contribution in [3.8, 4) is 22.4 Å². The van der Waals surface area contributed by atoms with Crippen molar-refractivity contribution in [2.75, 3.05) is 5.32 Å². The van der Waals surface area contributed by atoms with E-state index in [1.165, 1.54) is 12.1 Å². The number of halogens is 1. The fraction of sp³-hybridized carbons (Fsp3) is 0.297. The summed E-state index contributed by atoms with van der Waals surface area (Å²) >= 11 is 0. The number of carboxylic acid groups (broad SMARTS) is 3. The van der Waals surface area contributed by atoms with E-state index in [1.807, 2.05) is 79.1 Å². The molecule has 0 aliphatic rings. The van der Waals surface area contributed by atoms with Gasteiger partial charge in [-0.05, 0) is 66.3 Å². The van der Waals surface area contributed by atoms with Crippen LogP contribution in [-0.2, 0) is 20.9 Å². The average molecular weight is 764 g/mol. The molecule has 0 aliphatic heterocycles. The molecule has 0 fully saturated rings. The van der Waals surface area contributed by atoms with Crippen molar-refractivity contribution >= 4 is 75.0 Å². The number of anilines is 1. The Hall–Kier alpha value is -3.85. The second-order valence-electron chi connectivity index (χ2n) is 11.7. The van der Waals surface area contributed by atoms with Crippen LogP contribution in [0.2, 0.25) is 0 Å². The van der Waals surface area contributed by atoms with Crippen LogP contribution in [-0.4, -0.2) is 112 Å². The third-order valence-corrected chi connectivity index (χ3v) is 7.48. The van der Waals surface area contributed by atoms with E-state index < -0.39 is 36.5 Å². The molecule has 4 rings (SSSR count). The standard InChI is InChI=1S/C33H35FN2O5.C4H6O4.Sr/c1-21(2)31-30(33(41)35-25-11-7-4-8-12-25)29(22-9-5-3-6-10-22)32(23-13-15-24(34)16-14-23)36(31)18-17-26(37)19-27(38)20-28(39)40;5-3(6)1-2-4(7)8;/h3-16,21,26-27,37-38H,17-20H2,1-2H3,(H,35,41)(H,39,40);1-2H2,(H,5,6)(H,7,8);/q;;+2/t26-,27-;;/m1../s1. The number of nitrogens with zero attached hydrogens (tertiary/aromatic N) is 1. The molecule has 0 saturated heterocycles. The molecule has 1 aromatic heterocycles. The Kier molecular flexibility index (Phi) is 17.5. The molecule has 1 amide bonds. The zero-order chi connectivity index (χ0) is 36.1. The Morgan fingerprint density at radius 3 is 1.78 bits per heavy atom. The van der Waals surface area contributed by atoms with Gasteiger partial charge in [0.2, 0.25) is 0 Å². The predicted octanol–water partition coefficient (Wildman–Crippen LogP) is 5.87. The van der Waals surface area contributed by atoms with E-state index in [0.29, 0.717) is 28.1 Å². The monoisotopic (exact) mass is 764 g/mol. The quantitative estimate of drug-likeness (QED) is 0.0806. The van der Waals surface area contributed by atoms with Crippen LogP contribution in [0.25, 0.3) is 22.4 Å². The molecule has 6 N–H and O–H groups in total. The van der Waals surface area contributed by atoms with Gasteiger partial charge in [0.25, 0.3) is 5.91 Å². The van der Waals surface area contributed by atoms with Gasteiger partial charge in [-0.2, -0.15) is 0 Å². The Balaban J connectivity index is 0.000000859. The zero-order valence-electron chi connectivity index (χ0n) is 28.0. The number of nitrogens with one attached hydrogen (secondary N) is 1. The summed E-state index contributed by atoms with van der Waals surface area (Å²) in [5, 5.41) is 48.6. The molecule has 2 atom stereocenters. The maximum atomic E-state index is 14.0. The van der Waals surface area contributed by atoms with Gasteiger partial charge in [0.1, 0.15) is 5.82 Å². The first kappa shape index (κ1) is 42.3. The minimum absolute atomic E-state index is 0. The van der Waals surface area contributed by atoms with E-state index >= 15 is 0 Å². The number of aromatic nitrogens is 1. The van der Waals surface area contributed by atoms with Crippen LogP contribution in [0.1, 0.15) is 67.9 Å². The van der Waals surface area contributed by atoms with Gasteiger partial charge >= 0.3 is 63.4 Å². The molecule has 11 nitrogen and oxygen atoms in total. The van der Waals surface area contributed by atoms with Gasteiger partial charge < -0.3 is 35.4 Å². The largest absolute Gasteiger partial charge is 2.00 e. The topological polar surface area (TPSA) is 186 Å². The second-order valence-corrected chi connectivity index (χ2v) is 11.7. The molecule has 0 saturated carbocycles. The number of aliphatic carboxylic acids is 3. The molecule has 0 radical (unpaired) electrons. The van der Waals surface area contributed by atoms with Crippen molar-refractivity contribution < 1.29 is 49.1 Å². The van der Waals surface area contributed by atoms with Crippen LogP contribution in [0.3, 0.4) is 0 Å². The Bertz CT molecular complexity index is 1700. The van der Waals surface area contributed by atoms with Gasteiger partial charge in [-0.25, -0.2) is 4.39 Å². The zero-order valence-corrected chi connectivity index (χ0v) is 31.4. The van der Waals surface area contributed by atoms with Crippen molar-refractivity contribution in [1.82, 2.24) is 4.57 Å². The van der Waals surface area contributed by atoms with Crippen LogP contribution in [0.4, 0.5) is 10.1 Å². The van der Waals surface area contributed by atoms with Crippen LogP contribution < -0.4 is 5.32 Å². The average Bonchev–Trinajstić information content (AvgIpc) is 3.39. The number of carbonyl (C=O) groups is 4. The molecule has 13 heteroatoms. The summed E-state index contributed by atoms with van der Waals surface area (Å²) in [7, 11) is 0. The summed E-state index contributed by atoms with van der Waals surface area (Å²) in [6.45, 7) is 4.25. The summed E-state index contributed by atoms with van der Waals surface area (Å²) in [5.74, 6) is -4.09. The van der Waals surface area contributed by atoms with Crippen molar-refractivity contribution in [1.29, 1.82) is 0 Å². The smallest absolute Gasteiger partial charge is 0.481 e. The minimum atomic E-state index is -1.18. The molecule has 260 valence electrons. The van der Waals surface area contributed by atoms with Crippen molar-refractivity contribution in [3.63, 3.8) is 0 Å². The number of rotatable bonds is 15. The molecular formula is C37H41FN2O9Sr+2. The molecule has 1 heterocycles. The fourth-order valence-corrected chi connectivity index (χ4v) is 5.42. The molecule has 0 bridgehead atoms. The molecule has 50 heavy (non-hydrogen) atoms. The summed E-state index contributed by atoms with van der Waals surface area (Å²) < 4.78 is 16.0. The molecule has 4 aromatic rings. The van der Waals surface area contributed by atoms with Crippen LogP contribution >= 0.6 is 0 Å². The van der Waals surface area contributed by atoms with Gasteiger partial charge in [-0.1, -0.05) is 62.4 Å². The molecule has 0 aliphatic carbocycles. The maximum absolute atomic E-state index is 14.0. The van der Waals surface area contributed by atoms with E-state index in [1.54, 1.807) is 12.1 Å². The van der Waals surface area contributed by atoms with Crippen LogP contribution in [0.5, 0.6) is 0 Å². The SMILES string of the molecule is CC(C)c1c(C(=O)Nc2ccccc2)c(-c2ccccc2)c(-c2ccc(F)cc2)n1CC[C@@H](O)C[C@@H](O)CC(=O)O.O=C(O)CCC(=O)O.[Sr+2]. The van der Waals surface area contributed by atoms with Gasteiger partial charge in [-0.15, -0.1) is 0 Å². The second kappa shape index (κ2) is 20.7. The first-order valence-corrected chi connectivity index (χ1v) is 15.7. The number of benzene rings is 3. The normalized spacial score (nSPS) is 11.8. The Labute approximate surface area is 326 Å². The van der Waals surface area contributed by atoms with Gasteiger partial charge in [0, 0.05) is 23.5 Å². The fourth-order valence-electron chi connectivity index (χ4n) is 5.42. The van der Waals surface area contributed by atoms with Crippen LogP contribution in [0, 0.1) is 5.82 Å². The predicted molar refractivity (Wildman–Crippen MR) is 188 cm³/mol. The van der Waals surface area contributed by atoms with Crippen molar-refractivity contribution in [2.45, 2.75) is 70.6 Å². The summed E-state index contributed by atoms with van der Waals surface area (Å²) in [6, 6.07) is 24.8. The third-order valence-electron chi connectivity index (χ3n) is 7.48. The van der Waals surface area contributed by atoms with Crippen LogP contribution in [0.15, 0.2) is 84.9 Å². The van der Waals surface area contributed by atoms with E-state index in [0.717, 1.165) is 11.3 Å². The first-order valence-electron chi connectivity index (χ1n) is 15.7. The van der Waals surface area contributed by atoms with E-state index in [4.69, 9.17) is 15.3 Å². The number of aliphatic hydroxyl groups is 2. The van der Waals surface area contributed by atoms with E-state index in [-0.39, 0.29) is 95.4 Å². The van der Waals surface area contributed by atoms with Gasteiger partial charge in [-0.3, -0.25) is 19.2 Å². The third kappa shape index (κ3) is 12.8. The first-order chi connectivity index (χ1) is 23.3. The number of hydrogen-bond donors (Lipinski definition) is 6. The molecule has 3 aromatic carbocycles. The minimum Gasteiger partial charge on any atom is -0.481 e. The van der Waals surface area contributed by atoms with Crippen molar-refractivity contribution in [2.24, 2.45) is 0 Å². The number of aliphatic hydroxyl groups excluding tert-OH is 2. The maximum Gasteiger partial charge on any atom is 2.00 e. The Morgan fingerprint density at radius 1 is 0.740 bits per heavy atom. The summed E-state index contributed by atoms with van der Waals surface area (Å²) in [4.78, 5) is 44.3. The van der Waals surface area contributed by atoms with Gasteiger partial charge in [0.05, 0.1) is 42.7 Å². The van der Waals surface area contributed by atoms with Crippen molar-refractivity contribution in [3.05, 3.63) is 102 Å². The molecule has 0 unspecified atom stereocenters. The number of amides is 1. The number of hydrogen-bond acceptors (Lipinski definition) is 6. The van der Waals surface area contributed by atoms with E-state index in [2.05, 4.69) is 5.32 Å². The Morgan fingerprint density at radius 2 is 1.28 bits per heavy atom. The van der Waals surface area contributed by atoms with Gasteiger partial charge in [0.15, 0.2) is 0 Å². The summed E-state index contributed by atoms with van der Waals surface area (Å²) in [5.41, 5.74) is 4.77. The number of para-hydroxylation sites is 1. The van der Waals surface area contributed by atoms with E-state index in [9.17, 15) is 33.8 Å². The number of carboxylic acids is 3. The summed E-state index contributed by atoms with van der Waals surface area (Å²) in [6.07, 6.45) is -3.10. The molecule has 0 spiro atoms. The molecular weight excluding hydrogens is 723 g/mol. The number of carbonyl (C=O) groups excluding carboxylic acids is 1.